The van der Waals surface area contributed by atoms with Crippen molar-refractivity contribution < 1.29 is 17.9 Å². The Balaban J connectivity index is 1.44. The predicted octanol–water partition coefficient (Wildman–Crippen LogP) is 4.49. The molecule has 0 fully saturated rings. The number of aryl methyl sites for hydroxylation is 1. The van der Waals surface area contributed by atoms with E-state index >= 15 is 0 Å². The highest BCUT2D eigenvalue weighted by Gasteiger charge is 2.38. The van der Waals surface area contributed by atoms with Gasteiger partial charge in [0, 0.05) is 5.02 Å². The molecule has 0 unspecified atom stereocenters. The zero-order chi connectivity index (χ0) is 23.0. The average molecular weight is 483 g/mol. The fourth-order valence-corrected chi connectivity index (χ4v) is 6.07. The number of sulfonamides is 1. The van der Waals surface area contributed by atoms with Gasteiger partial charge in [0.2, 0.25) is 0 Å². The molecule has 3 aromatic rings. The Bertz CT molecular complexity index is 1290. The van der Waals surface area contributed by atoms with Gasteiger partial charge in [-0.15, -0.1) is 0 Å². The van der Waals surface area contributed by atoms with E-state index in [9.17, 15) is 13.2 Å². The molecule has 1 N–H and O–H groups in total. The van der Waals surface area contributed by atoms with Gasteiger partial charge in [-0.05, 0) is 66.8 Å². The lowest BCUT2D eigenvalue weighted by atomic mass is 9.87. The van der Waals surface area contributed by atoms with Gasteiger partial charge in [0.25, 0.3) is 15.9 Å². The molecule has 0 saturated heterocycles. The molecule has 1 aliphatic heterocycles. The summed E-state index contributed by atoms with van der Waals surface area (Å²) in [6.45, 7) is -0.123. The van der Waals surface area contributed by atoms with E-state index in [1.807, 2.05) is 18.2 Å². The highest BCUT2D eigenvalue weighted by Crippen LogP contribution is 2.37. The number of para-hydroxylation sites is 2. The first-order chi connectivity index (χ1) is 15.9. The molecular weight excluding hydrogens is 460 g/mol. The van der Waals surface area contributed by atoms with Crippen LogP contribution in [0.4, 0.5) is 5.69 Å². The minimum absolute atomic E-state index is 0.101. The molecule has 1 amide bonds. The Morgan fingerprint density at radius 2 is 1.73 bits per heavy atom. The molecule has 0 aromatic heterocycles. The molecule has 0 bridgehead atoms. The molecule has 2 atom stereocenters. The van der Waals surface area contributed by atoms with Gasteiger partial charge in [0.05, 0.1) is 23.2 Å². The van der Waals surface area contributed by atoms with Crippen LogP contribution in [0.1, 0.15) is 30.0 Å². The second-order valence-electron chi connectivity index (χ2n) is 8.22. The van der Waals surface area contributed by atoms with E-state index in [0.29, 0.717) is 16.5 Å². The second-order valence-corrected chi connectivity index (χ2v) is 10.5. The SMILES string of the molecule is O=C(N[C@H]1CCCc2ccccc21)[C@H]1CN(S(=O)(=O)c2ccc(Cl)cc2)c2ccccc2O1. The predicted molar refractivity (Wildman–Crippen MR) is 127 cm³/mol. The lowest BCUT2D eigenvalue weighted by Gasteiger charge is -2.36. The van der Waals surface area contributed by atoms with E-state index in [1.54, 1.807) is 24.3 Å². The number of anilines is 1. The summed E-state index contributed by atoms with van der Waals surface area (Å²) >= 11 is 5.94. The lowest BCUT2D eigenvalue weighted by Crippen LogP contribution is -2.51. The first-order valence-corrected chi connectivity index (χ1v) is 12.7. The monoisotopic (exact) mass is 482 g/mol. The molecule has 170 valence electrons. The van der Waals surface area contributed by atoms with Gasteiger partial charge in [-0.1, -0.05) is 48.0 Å². The zero-order valence-corrected chi connectivity index (χ0v) is 19.4. The Kier molecular flexibility index (Phi) is 5.76. The van der Waals surface area contributed by atoms with Crippen molar-refractivity contribution in [1.29, 1.82) is 0 Å². The zero-order valence-electron chi connectivity index (χ0n) is 17.8. The number of nitrogens with zero attached hydrogens (tertiary/aromatic N) is 1. The van der Waals surface area contributed by atoms with Crippen LogP contribution in [0.25, 0.3) is 0 Å². The quantitative estimate of drug-likeness (QED) is 0.594. The van der Waals surface area contributed by atoms with Gasteiger partial charge in [0.15, 0.2) is 6.10 Å². The number of hydrogen-bond donors (Lipinski definition) is 1. The Labute approximate surface area is 198 Å². The lowest BCUT2D eigenvalue weighted by molar-refractivity contribution is -0.128. The number of rotatable bonds is 4. The number of nitrogens with one attached hydrogen (secondary N) is 1. The normalized spacial score (nSPS) is 19.7. The van der Waals surface area contributed by atoms with Crippen molar-refractivity contribution >= 4 is 33.2 Å². The number of carbonyl (C=O) groups is 1. The van der Waals surface area contributed by atoms with Crippen molar-refractivity contribution in [1.82, 2.24) is 5.32 Å². The van der Waals surface area contributed by atoms with Crippen LogP contribution < -0.4 is 14.4 Å². The number of hydrogen-bond acceptors (Lipinski definition) is 4. The van der Waals surface area contributed by atoms with Crippen molar-refractivity contribution in [2.45, 2.75) is 36.3 Å². The number of halogens is 1. The molecule has 0 radical (unpaired) electrons. The molecule has 0 spiro atoms. The van der Waals surface area contributed by atoms with Crippen molar-refractivity contribution in [3.8, 4) is 5.75 Å². The van der Waals surface area contributed by atoms with Crippen LogP contribution in [0, 0.1) is 0 Å². The van der Waals surface area contributed by atoms with Gasteiger partial charge < -0.3 is 10.1 Å². The highest BCUT2D eigenvalue weighted by atomic mass is 35.5. The summed E-state index contributed by atoms with van der Waals surface area (Å²) in [5.74, 6) is 0.0213. The van der Waals surface area contributed by atoms with Gasteiger partial charge in [-0.2, -0.15) is 0 Å². The minimum Gasteiger partial charge on any atom is -0.476 e. The number of fused-ring (bicyclic) bond motifs is 2. The summed E-state index contributed by atoms with van der Waals surface area (Å²) < 4.78 is 34.2. The van der Waals surface area contributed by atoms with Crippen LogP contribution in [0.15, 0.2) is 77.7 Å². The van der Waals surface area contributed by atoms with Crippen LogP contribution in [0.3, 0.4) is 0 Å². The average Bonchev–Trinajstić information content (AvgIpc) is 2.84. The Morgan fingerprint density at radius 3 is 2.55 bits per heavy atom. The molecule has 33 heavy (non-hydrogen) atoms. The molecule has 2 aliphatic rings. The smallest absolute Gasteiger partial charge is 0.264 e. The molecule has 1 aliphatic carbocycles. The molecule has 0 saturated carbocycles. The van der Waals surface area contributed by atoms with E-state index in [2.05, 4.69) is 11.4 Å². The van der Waals surface area contributed by atoms with Gasteiger partial charge in [0.1, 0.15) is 5.75 Å². The number of ether oxygens (including phenoxy) is 1. The van der Waals surface area contributed by atoms with E-state index in [-0.39, 0.29) is 23.4 Å². The van der Waals surface area contributed by atoms with Crippen LogP contribution in [0.5, 0.6) is 5.75 Å². The minimum atomic E-state index is -3.93. The van der Waals surface area contributed by atoms with E-state index in [0.717, 1.165) is 24.8 Å². The second kappa shape index (κ2) is 8.72. The summed E-state index contributed by atoms with van der Waals surface area (Å²) in [4.78, 5) is 13.4. The summed E-state index contributed by atoms with van der Waals surface area (Å²) in [6.07, 6.45) is 1.82. The Morgan fingerprint density at radius 1 is 1.00 bits per heavy atom. The largest absolute Gasteiger partial charge is 0.476 e. The molecular formula is C25H23ClN2O4S. The van der Waals surface area contributed by atoms with Crippen LogP contribution >= 0.6 is 11.6 Å². The van der Waals surface area contributed by atoms with E-state index in [4.69, 9.17) is 16.3 Å². The maximum absolute atomic E-state index is 13.5. The van der Waals surface area contributed by atoms with E-state index < -0.39 is 16.1 Å². The van der Waals surface area contributed by atoms with Crippen LogP contribution in [-0.4, -0.2) is 27.0 Å². The van der Waals surface area contributed by atoms with Crippen LogP contribution in [-0.2, 0) is 21.2 Å². The fourth-order valence-electron chi connectivity index (χ4n) is 4.47. The number of benzene rings is 3. The Hall–Kier alpha value is -3.03. The third-order valence-electron chi connectivity index (χ3n) is 6.11. The fraction of sp³-hybridized carbons (Fsp3) is 0.240. The van der Waals surface area contributed by atoms with E-state index in [1.165, 1.54) is 34.1 Å². The first-order valence-electron chi connectivity index (χ1n) is 10.9. The standard InChI is InChI=1S/C25H23ClN2O4S/c26-18-12-14-19(15-13-18)33(30,31)28-16-24(32-23-11-4-3-10-22(23)28)25(29)27-21-9-5-7-17-6-1-2-8-20(17)21/h1-4,6,8,10-15,21,24H,5,7,9,16H2,(H,27,29)/t21-,24+/m0/s1. The van der Waals surface area contributed by atoms with Crippen molar-refractivity contribution in [3.63, 3.8) is 0 Å². The number of amides is 1. The molecule has 8 heteroatoms. The van der Waals surface area contributed by atoms with Crippen molar-refractivity contribution in [2.24, 2.45) is 0 Å². The molecule has 1 heterocycles. The molecule has 5 rings (SSSR count). The summed E-state index contributed by atoms with van der Waals surface area (Å²) in [7, 11) is -3.93. The van der Waals surface area contributed by atoms with Crippen molar-refractivity contribution in [2.75, 3.05) is 10.8 Å². The summed E-state index contributed by atoms with van der Waals surface area (Å²) in [5, 5.41) is 3.54. The van der Waals surface area contributed by atoms with Crippen LogP contribution in [0.2, 0.25) is 5.02 Å². The van der Waals surface area contributed by atoms with Gasteiger partial charge in [-0.3, -0.25) is 9.10 Å². The van der Waals surface area contributed by atoms with Crippen molar-refractivity contribution in [3.05, 3.63) is 88.9 Å². The third-order valence-corrected chi connectivity index (χ3v) is 8.16. The maximum atomic E-state index is 13.5. The maximum Gasteiger partial charge on any atom is 0.264 e. The van der Waals surface area contributed by atoms with Gasteiger partial charge >= 0.3 is 0 Å². The number of carbonyl (C=O) groups excluding carboxylic acids is 1. The molecule has 6 nitrogen and oxygen atoms in total. The topological polar surface area (TPSA) is 75.7 Å². The summed E-state index contributed by atoms with van der Waals surface area (Å²) in [5.41, 5.74) is 2.74. The third kappa shape index (κ3) is 4.18. The highest BCUT2D eigenvalue weighted by molar-refractivity contribution is 7.92. The molecule has 3 aromatic carbocycles. The first kappa shape index (κ1) is 21.8. The van der Waals surface area contributed by atoms with Gasteiger partial charge in [-0.25, -0.2) is 8.42 Å². The summed E-state index contributed by atoms with van der Waals surface area (Å²) in [6, 6.07) is 20.8.